The van der Waals surface area contributed by atoms with E-state index in [1.807, 2.05) is 0 Å². The minimum atomic E-state index is -2.10. The molecule has 0 atom stereocenters. The molecular weight excluding hydrogens is 158 g/mol. The van der Waals surface area contributed by atoms with Crippen molar-refractivity contribution in [3.8, 4) is 0 Å². The van der Waals surface area contributed by atoms with E-state index < -0.39 is 24.1 Å². The Bertz CT molecular complexity index is 185. The zero-order valence-corrected chi connectivity index (χ0v) is 5.14. The molecule has 0 heterocycles. The number of rotatable bonds is 3. The first-order chi connectivity index (χ1) is 4.95. The van der Waals surface area contributed by atoms with E-state index >= 15 is 0 Å². The molecule has 0 aliphatic rings. The third-order valence-corrected chi connectivity index (χ3v) is 0.762. The molecule has 0 aliphatic heterocycles. The zero-order chi connectivity index (χ0) is 9.02. The Balaban J connectivity index is 4.23. The smallest absolute Gasteiger partial charge is 0.405 e. The van der Waals surface area contributed by atoms with Crippen molar-refractivity contribution < 1.29 is 29.7 Å². The number of nitrogens with one attached hydrogen (secondary N) is 1. The lowest BCUT2D eigenvalue weighted by molar-refractivity contribution is -0.150. The van der Waals surface area contributed by atoms with Crippen LogP contribution in [0.1, 0.15) is 0 Å². The highest BCUT2D eigenvalue weighted by Gasteiger charge is 2.27. The van der Waals surface area contributed by atoms with Gasteiger partial charge in [0.25, 0.3) is 0 Å². The van der Waals surface area contributed by atoms with E-state index in [9.17, 15) is 14.4 Å². The van der Waals surface area contributed by atoms with Gasteiger partial charge in [-0.2, -0.15) is 0 Å². The van der Waals surface area contributed by atoms with Gasteiger partial charge < -0.3 is 15.3 Å². The van der Waals surface area contributed by atoms with Gasteiger partial charge >= 0.3 is 18.0 Å². The third kappa shape index (κ3) is 3.04. The largest absolute Gasteiger partial charge is 0.479 e. The second-order valence-corrected chi connectivity index (χ2v) is 1.56. The van der Waals surface area contributed by atoms with Crippen LogP contribution in [0.5, 0.6) is 0 Å². The number of hydrogen-bond donors (Lipinski definition) is 4. The highest BCUT2D eigenvalue weighted by atomic mass is 16.4. The van der Waals surface area contributed by atoms with Crippen LogP contribution in [0, 0.1) is 0 Å². The summed E-state index contributed by atoms with van der Waals surface area (Å²) in [5.41, 5.74) is 0. The molecule has 4 N–H and O–H groups in total. The summed E-state index contributed by atoms with van der Waals surface area (Å²) in [6.07, 6.45) is -1.69. The van der Waals surface area contributed by atoms with E-state index in [4.69, 9.17) is 15.3 Å². The van der Waals surface area contributed by atoms with Crippen molar-refractivity contribution in [1.82, 2.24) is 5.32 Å². The van der Waals surface area contributed by atoms with Crippen LogP contribution < -0.4 is 5.32 Å². The standard InChI is InChI=1S/C4H5NO6/c6-2(7)1(3(8)9)5-4(10)11/h1,5H,(H,6,7)(H,8,9)(H,10,11). The normalized spacial score (nSPS) is 9.18. The number of carboxylic acids is 2. The van der Waals surface area contributed by atoms with Crippen LogP contribution in [0.2, 0.25) is 0 Å². The fourth-order valence-corrected chi connectivity index (χ4v) is 0.353. The predicted octanol–water partition coefficient (Wildman–Crippen LogP) is -1.21. The third-order valence-electron chi connectivity index (χ3n) is 0.762. The van der Waals surface area contributed by atoms with Crippen molar-refractivity contribution in [3.05, 3.63) is 0 Å². The van der Waals surface area contributed by atoms with Crippen molar-refractivity contribution in [3.63, 3.8) is 0 Å². The summed E-state index contributed by atoms with van der Waals surface area (Å²) in [4.78, 5) is 29.7. The summed E-state index contributed by atoms with van der Waals surface area (Å²) < 4.78 is 0. The molecule has 11 heavy (non-hydrogen) atoms. The predicted molar refractivity (Wildman–Crippen MR) is 30.2 cm³/mol. The molecule has 0 radical (unpaired) electrons. The minimum Gasteiger partial charge on any atom is -0.479 e. The van der Waals surface area contributed by atoms with Crippen LogP contribution in [0.25, 0.3) is 0 Å². The number of hydrogen-bond acceptors (Lipinski definition) is 3. The Morgan fingerprint density at radius 3 is 1.45 bits per heavy atom. The van der Waals surface area contributed by atoms with Crippen molar-refractivity contribution in [2.24, 2.45) is 0 Å². The van der Waals surface area contributed by atoms with Crippen LogP contribution in [0.3, 0.4) is 0 Å². The van der Waals surface area contributed by atoms with Gasteiger partial charge in [-0.05, 0) is 0 Å². The van der Waals surface area contributed by atoms with Gasteiger partial charge in [0.2, 0.25) is 6.04 Å². The molecule has 0 fully saturated rings. The average Bonchev–Trinajstić information content (AvgIpc) is 1.81. The number of aliphatic carboxylic acids is 2. The summed E-state index contributed by atoms with van der Waals surface area (Å²) in [6, 6.07) is -2.10. The maximum atomic E-state index is 9.97. The van der Waals surface area contributed by atoms with Crippen LogP contribution in [0.4, 0.5) is 4.79 Å². The number of carbonyl (C=O) groups is 3. The van der Waals surface area contributed by atoms with Gasteiger partial charge in [-0.25, -0.2) is 14.4 Å². The molecule has 0 spiro atoms. The highest BCUT2D eigenvalue weighted by Crippen LogP contribution is 1.83. The topological polar surface area (TPSA) is 124 Å². The van der Waals surface area contributed by atoms with Gasteiger partial charge in [-0.1, -0.05) is 0 Å². The van der Waals surface area contributed by atoms with Crippen molar-refractivity contribution >= 4 is 18.0 Å². The molecule has 0 unspecified atom stereocenters. The summed E-state index contributed by atoms with van der Waals surface area (Å²) in [7, 11) is 0. The first-order valence-electron chi connectivity index (χ1n) is 2.40. The first-order valence-corrected chi connectivity index (χ1v) is 2.40. The monoisotopic (exact) mass is 163 g/mol. The van der Waals surface area contributed by atoms with Gasteiger partial charge in [0.1, 0.15) is 0 Å². The molecule has 7 heteroatoms. The lowest BCUT2D eigenvalue weighted by Crippen LogP contribution is -2.45. The maximum Gasteiger partial charge on any atom is 0.405 e. The Morgan fingerprint density at radius 1 is 1.00 bits per heavy atom. The Labute approximate surface area is 60.3 Å². The van der Waals surface area contributed by atoms with Gasteiger partial charge in [0.05, 0.1) is 0 Å². The molecule has 7 nitrogen and oxygen atoms in total. The van der Waals surface area contributed by atoms with Crippen molar-refractivity contribution in [1.29, 1.82) is 0 Å². The maximum absolute atomic E-state index is 9.97. The van der Waals surface area contributed by atoms with Gasteiger partial charge in [-0.15, -0.1) is 0 Å². The summed E-state index contributed by atoms with van der Waals surface area (Å²) >= 11 is 0. The molecule has 0 bridgehead atoms. The molecule has 0 rings (SSSR count). The minimum absolute atomic E-state index is 1.30. The lowest BCUT2D eigenvalue weighted by atomic mass is 10.3. The molecule has 0 aromatic carbocycles. The fraction of sp³-hybridized carbons (Fsp3) is 0.250. The lowest BCUT2D eigenvalue weighted by Gasteiger charge is -2.04. The first kappa shape index (κ1) is 9.21. The van der Waals surface area contributed by atoms with Crippen LogP contribution in [0.15, 0.2) is 0 Å². The summed E-state index contributed by atoms with van der Waals surface area (Å²) in [6.45, 7) is 0. The van der Waals surface area contributed by atoms with Crippen molar-refractivity contribution in [2.45, 2.75) is 6.04 Å². The summed E-state index contributed by atoms with van der Waals surface area (Å²) in [5.74, 6) is -3.50. The average molecular weight is 163 g/mol. The second kappa shape index (κ2) is 3.40. The molecule has 0 saturated heterocycles. The van der Waals surface area contributed by atoms with E-state index in [1.165, 1.54) is 5.32 Å². The number of carboxylic acid groups (broad SMARTS) is 3. The Kier molecular flexibility index (Phi) is 2.84. The fourth-order valence-electron chi connectivity index (χ4n) is 0.353. The molecule has 62 valence electrons. The molecule has 0 saturated carbocycles. The van der Waals surface area contributed by atoms with Crippen LogP contribution in [-0.2, 0) is 9.59 Å². The molecule has 0 aromatic heterocycles. The van der Waals surface area contributed by atoms with Gasteiger partial charge in [-0.3, -0.25) is 5.32 Å². The van der Waals surface area contributed by atoms with E-state index in [-0.39, 0.29) is 0 Å². The number of amides is 1. The molecule has 0 aliphatic carbocycles. The van der Waals surface area contributed by atoms with Gasteiger partial charge in [0.15, 0.2) is 0 Å². The highest BCUT2D eigenvalue weighted by molar-refractivity contribution is 5.99. The second-order valence-electron chi connectivity index (χ2n) is 1.56. The van der Waals surface area contributed by atoms with Crippen LogP contribution in [-0.4, -0.2) is 39.4 Å². The van der Waals surface area contributed by atoms with E-state index in [0.29, 0.717) is 0 Å². The van der Waals surface area contributed by atoms with Crippen molar-refractivity contribution in [2.75, 3.05) is 0 Å². The van der Waals surface area contributed by atoms with E-state index in [1.54, 1.807) is 0 Å². The quantitative estimate of drug-likeness (QED) is 0.387. The molecular formula is C4H5NO6. The van der Waals surface area contributed by atoms with Crippen LogP contribution >= 0.6 is 0 Å². The molecule has 0 aromatic rings. The Morgan fingerprint density at radius 2 is 1.36 bits per heavy atom. The Hall–Kier alpha value is -1.79. The molecule has 1 amide bonds. The van der Waals surface area contributed by atoms with E-state index in [2.05, 4.69) is 0 Å². The summed E-state index contributed by atoms with van der Waals surface area (Å²) in [5, 5.41) is 25.4. The van der Waals surface area contributed by atoms with E-state index in [0.717, 1.165) is 0 Å². The SMILES string of the molecule is O=C(O)NC(C(=O)O)C(=O)O. The zero-order valence-electron chi connectivity index (χ0n) is 5.14. The van der Waals surface area contributed by atoms with Gasteiger partial charge in [0, 0.05) is 0 Å².